The molecule has 3 nitrogen and oxygen atoms in total. The Morgan fingerprint density at radius 2 is 0.977 bits per heavy atom. The van der Waals surface area contributed by atoms with Gasteiger partial charge in [0, 0.05) is 16.8 Å². The van der Waals surface area contributed by atoms with Crippen LogP contribution in [0.5, 0.6) is 0 Å². The number of aromatic nitrogens is 2. The van der Waals surface area contributed by atoms with Crippen LogP contribution in [0.3, 0.4) is 0 Å². The van der Waals surface area contributed by atoms with Gasteiger partial charge in [0.05, 0.1) is 22.4 Å². The van der Waals surface area contributed by atoms with Crippen molar-refractivity contribution in [2.45, 2.75) is 0 Å². The molecule has 3 heteroatoms. The molecule has 0 radical (unpaired) electrons. The lowest BCUT2D eigenvalue weighted by Gasteiger charge is -2.24. The first-order valence-electron chi connectivity index (χ1n) is 15.0. The van der Waals surface area contributed by atoms with Crippen molar-refractivity contribution < 1.29 is 0 Å². The van der Waals surface area contributed by atoms with Gasteiger partial charge in [0.15, 0.2) is 0 Å². The maximum atomic E-state index is 5.20. The molecule has 8 aromatic rings. The first-order chi connectivity index (χ1) is 21.8. The van der Waals surface area contributed by atoms with E-state index in [1.165, 1.54) is 44.2 Å². The minimum atomic E-state index is 0.885. The van der Waals surface area contributed by atoms with Crippen molar-refractivity contribution in [3.05, 3.63) is 164 Å². The minimum absolute atomic E-state index is 0.885. The van der Waals surface area contributed by atoms with E-state index in [1.54, 1.807) is 0 Å². The molecule has 1 aromatic heterocycles. The van der Waals surface area contributed by atoms with Gasteiger partial charge in [0.25, 0.3) is 0 Å². The third-order valence-electron chi connectivity index (χ3n) is 8.77. The average molecular weight is 562 g/mol. The predicted octanol–water partition coefficient (Wildman–Crippen LogP) is 11.0. The van der Waals surface area contributed by atoms with Crippen molar-refractivity contribution in [3.63, 3.8) is 0 Å². The third-order valence-corrected chi connectivity index (χ3v) is 8.77. The van der Waals surface area contributed by atoms with E-state index >= 15 is 0 Å². The summed E-state index contributed by atoms with van der Waals surface area (Å²) in [4.78, 5) is 7.49. The van der Waals surface area contributed by atoms with Crippen LogP contribution in [0.2, 0.25) is 0 Å². The third kappa shape index (κ3) is 3.80. The van der Waals surface area contributed by atoms with Crippen molar-refractivity contribution in [3.8, 4) is 39.1 Å². The van der Waals surface area contributed by atoms with Gasteiger partial charge in [-0.15, -0.1) is 0 Å². The lowest BCUT2D eigenvalue weighted by molar-refractivity contribution is 1.05. The van der Waals surface area contributed by atoms with Gasteiger partial charge >= 0.3 is 0 Å². The van der Waals surface area contributed by atoms with Gasteiger partial charge in [-0.3, -0.25) is 9.47 Å². The number of para-hydroxylation sites is 4. The molecule has 9 rings (SSSR count). The Balaban J connectivity index is 1.15. The van der Waals surface area contributed by atoms with Crippen LogP contribution in [-0.2, 0) is 0 Å². The number of nitrogens with zero attached hydrogens (tertiary/aromatic N) is 3. The number of anilines is 3. The van der Waals surface area contributed by atoms with Gasteiger partial charge in [-0.05, 0) is 69.4 Å². The summed E-state index contributed by atoms with van der Waals surface area (Å²) in [6, 6.07) is 58.5. The van der Waals surface area contributed by atoms with Crippen LogP contribution in [0.4, 0.5) is 17.3 Å². The smallest absolute Gasteiger partial charge is 0.220 e. The first-order valence-corrected chi connectivity index (χ1v) is 15.0. The topological polar surface area (TPSA) is 21.1 Å². The van der Waals surface area contributed by atoms with Crippen LogP contribution in [0, 0.1) is 0 Å². The molecule has 0 atom stereocenters. The highest BCUT2D eigenvalue weighted by atomic mass is 15.3. The van der Waals surface area contributed by atoms with Crippen LogP contribution >= 0.6 is 0 Å². The molecule has 0 aliphatic carbocycles. The zero-order valence-corrected chi connectivity index (χ0v) is 23.9. The van der Waals surface area contributed by atoms with Gasteiger partial charge < -0.3 is 0 Å². The van der Waals surface area contributed by atoms with E-state index in [0.29, 0.717) is 0 Å². The quantitative estimate of drug-likeness (QED) is 0.214. The van der Waals surface area contributed by atoms with Crippen LogP contribution in [-0.4, -0.2) is 9.55 Å². The molecule has 0 unspecified atom stereocenters. The molecule has 0 fully saturated rings. The lowest BCUT2D eigenvalue weighted by atomic mass is 9.96. The number of benzene rings is 7. The molecule has 1 aliphatic heterocycles. The predicted molar refractivity (Wildman–Crippen MR) is 183 cm³/mol. The van der Waals surface area contributed by atoms with Crippen LogP contribution in [0.1, 0.15) is 0 Å². The van der Waals surface area contributed by atoms with Gasteiger partial charge in [-0.25, -0.2) is 4.98 Å². The van der Waals surface area contributed by atoms with Crippen molar-refractivity contribution in [2.24, 2.45) is 0 Å². The molecule has 0 bridgehead atoms. The number of rotatable bonds is 3. The minimum Gasteiger partial charge on any atom is -0.280 e. The zero-order valence-electron chi connectivity index (χ0n) is 23.9. The Kier molecular flexibility index (Phi) is 5.50. The Morgan fingerprint density at radius 1 is 0.409 bits per heavy atom. The molecule has 0 saturated heterocycles. The summed E-state index contributed by atoms with van der Waals surface area (Å²) in [5, 5.41) is 2.54. The summed E-state index contributed by atoms with van der Waals surface area (Å²) in [5.41, 5.74) is 12.6. The largest absolute Gasteiger partial charge is 0.280 e. The Bertz CT molecular complexity index is 2320. The summed E-state index contributed by atoms with van der Waals surface area (Å²) in [7, 11) is 0. The summed E-state index contributed by atoms with van der Waals surface area (Å²) >= 11 is 0. The van der Waals surface area contributed by atoms with Crippen molar-refractivity contribution in [1.29, 1.82) is 0 Å². The highest BCUT2D eigenvalue weighted by Crippen LogP contribution is 2.47. The van der Waals surface area contributed by atoms with E-state index in [4.69, 9.17) is 4.98 Å². The number of imidazole rings is 1. The van der Waals surface area contributed by atoms with Gasteiger partial charge in [0.2, 0.25) is 5.95 Å². The molecular formula is C41H27N3. The highest BCUT2D eigenvalue weighted by Gasteiger charge is 2.28. The fourth-order valence-electron chi connectivity index (χ4n) is 6.68. The molecular weight excluding hydrogens is 534 g/mol. The van der Waals surface area contributed by atoms with Gasteiger partial charge in [-0.1, -0.05) is 127 Å². The molecule has 0 saturated carbocycles. The first kappa shape index (κ1) is 24.6. The SMILES string of the molecule is c1ccc2c(c1)-c1ccccc1-n1c(nc3ccccc31)N2c1ccc(-c2ccc(-c3cccc4ccccc34)cc2)cc1. The maximum Gasteiger partial charge on any atom is 0.220 e. The van der Waals surface area contributed by atoms with Gasteiger partial charge in [0.1, 0.15) is 0 Å². The molecule has 206 valence electrons. The van der Waals surface area contributed by atoms with Crippen molar-refractivity contribution >= 4 is 39.1 Å². The Labute approximate surface area is 255 Å². The van der Waals surface area contributed by atoms with Crippen LogP contribution < -0.4 is 4.90 Å². The Hall–Kier alpha value is -5.93. The second-order valence-corrected chi connectivity index (χ2v) is 11.3. The molecule has 1 aliphatic rings. The molecule has 0 N–H and O–H groups in total. The van der Waals surface area contributed by atoms with Crippen LogP contribution in [0.25, 0.3) is 60.9 Å². The van der Waals surface area contributed by atoms with Crippen LogP contribution in [0.15, 0.2) is 164 Å². The molecule has 44 heavy (non-hydrogen) atoms. The van der Waals surface area contributed by atoms with E-state index in [0.717, 1.165) is 34.0 Å². The number of hydrogen-bond acceptors (Lipinski definition) is 2. The standard InChI is InChI=1S/C41H27N3/c1-2-12-33-30(10-1)11-9-15-34(33)31-22-20-28(21-23-31)29-24-26-32(27-25-29)43-38-17-6-3-13-35(38)36-14-4-7-18-39(36)44-40-19-8-5-16-37(40)42-41(43)44/h1-27H. The van der Waals surface area contributed by atoms with E-state index < -0.39 is 0 Å². The lowest BCUT2D eigenvalue weighted by Crippen LogP contribution is -2.14. The van der Waals surface area contributed by atoms with Crippen molar-refractivity contribution in [2.75, 3.05) is 4.90 Å². The number of fused-ring (bicyclic) bond motifs is 8. The fraction of sp³-hybridized carbons (Fsp3) is 0. The second kappa shape index (κ2) is 9.82. The summed E-state index contributed by atoms with van der Waals surface area (Å²) in [6.07, 6.45) is 0. The summed E-state index contributed by atoms with van der Waals surface area (Å²) in [5.74, 6) is 0.885. The maximum absolute atomic E-state index is 5.20. The van der Waals surface area contributed by atoms with E-state index in [2.05, 4.69) is 173 Å². The molecule has 0 amide bonds. The fourth-order valence-corrected chi connectivity index (χ4v) is 6.68. The molecule has 7 aromatic carbocycles. The molecule has 2 heterocycles. The average Bonchev–Trinajstić information content (AvgIpc) is 3.42. The Morgan fingerprint density at radius 3 is 1.80 bits per heavy atom. The second-order valence-electron chi connectivity index (χ2n) is 11.3. The van der Waals surface area contributed by atoms with E-state index in [-0.39, 0.29) is 0 Å². The monoisotopic (exact) mass is 561 g/mol. The highest BCUT2D eigenvalue weighted by molar-refractivity contribution is 5.98. The van der Waals surface area contributed by atoms with E-state index in [1.807, 2.05) is 0 Å². The zero-order chi connectivity index (χ0) is 29.0. The van der Waals surface area contributed by atoms with Gasteiger partial charge in [-0.2, -0.15) is 0 Å². The molecule has 0 spiro atoms. The summed E-state index contributed by atoms with van der Waals surface area (Å²) < 4.78 is 2.30. The van der Waals surface area contributed by atoms with Crippen molar-refractivity contribution in [1.82, 2.24) is 9.55 Å². The van der Waals surface area contributed by atoms with E-state index in [9.17, 15) is 0 Å². The number of hydrogen-bond donors (Lipinski definition) is 0. The normalized spacial score (nSPS) is 12.0. The summed E-state index contributed by atoms with van der Waals surface area (Å²) in [6.45, 7) is 0.